The lowest BCUT2D eigenvalue weighted by atomic mass is 10.1. The van der Waals surface area contributed by atoms with Gasteiger partial charge in [0, 0.05) is 6.08 Å². The monoisotopic (exact) mass is 387 g/mol. The minimum absolute atomic E-state index is 0.307. The Bertz CT molecular complexity index is 1280. The molecule has 1 aromatic rings. The van der Waals surface area contributed by atoms with Gasteiger partial charge in [-0.2, -0.15) is 0 Å². The third-order valence-corrected chi connectivity index (χ3v) is 3.15. The first-order valence-electron chi connectivity index (χ1n) is 8.71. The van der Waals surface area contributed by atoms with Crippen LogP contribution in [-0.2, 0) is 4.79 Å². The van der Waals surface area contributed by atoms with E-state index < -0.39 is 12.1 Å². The maximum absolute atomic E-state index is 11.9. The number of hydrogen-bond donors (Lipinski definition) is 2. The van der Waals surface area contributed by atoms with Crippen LogP contribution < -0.4 is 5.32 Å². The molecule has 30 heavy (non-hydrogen) atoms. The van der Waals surface area contributed by atoms with E-state index >= 15 is 0 Å². The molecule has 1 amide bonds. The van der Waals surface area contributed by atoms with E-state index in [4.69, 9.17) is 0 Å². The minimum atomic E-state index is -0.939. The van der Waals surface area contributed by atoms with Crippen molar-refractivity contribution < 1.29 is 9.90 Å². The number of benzene rings is 1. The van der Waals surface area contributed by atoms with Crippen LogP contribution in [0.25, 0.3) is 6.08 Å². The van der Waals surface area contributed by atoms with Gasteiger partial charge in [-0.15, -0.1) is 0 Å². The van der Waals surface area contributed by atoms with Gasteiger partial charge in [0.1, 0.15) is 0 Å². The molecule has 2 N–H and O–H groups in total. The molecule has 142 valence electrons. The first kappa shape index (κ1) is 23.3. The molecule has 0 heterocycles. The van der Waals surface area contributed by atoms with Gasteiger partial charge in [0.05, 0.1) is 12.1 Å². The fourth-order valence-corrected chi connectivity index (χ4v) is 1.73. The first-order chi connectivity index (χ1) is 14.6. The standard InChI is InChI=1S/C27H17NO2/c1-3-4-5-6-7-8-9-10-11-12-13-14-18-21-26(29)24(2)28-27(30)23-22-25-19-16-15-17-20-25/h15-17,19-24,26,29H,1H2,2H3,(H,28,30)/t24-,26-/m0/s1. The summed E-state index contributed by atoms with van der Waals surface area (Å²) >= 11 is 0. The van der Waals surface area contributed by atoms with Crippen LogP contribution in [-0.4, -0.2) is 23.2 Å². The first-order valence-corrected chi connectivity index (χ1v) is 8.71. The van der Waals surface area contributed by atoms with Gasteiger partial charge < -0.3 is 10.4 Å². The smallest absolute Gasteiger partial charge is 0.244 e. The molecule has 0 aliphatic rings. The highest BCUT2D eigenvalue weighted by atomic mass is 16.3. The van der Waals surface area contributed by atoms with Gasteiger partial charge in [-0.05, 0) is 94.3 Å². The summed E-state index contributed by atoms with van der Waals surface area (Å²) in [5.41, 5.74) is 33.3. The van der Waals surface area contributed by atoms with E-state index in [2.05, 4.69) is 86.4 Å². The number of carbonyl (C=O) groups excluding carboxylic acids is 1. The molecular formula is C27H17NO2. The summed E-state index contributed by atoms with van der Waals surface area (Å²) in [5, 5.41) is 12.7. The van der Waals surface area contributed by atoms with E-state index in [9.17, 15) is 9.90 Å². The second-order valence-corrected chi connectivity index (χ2v) is 5.39. The van der Waals surface area contributed by atoms with Crippen LogP contribution in [0.15, 0.2) is 124 Å². The van der Waals surface area contributed by atoms with Crippen LogP contribution in [0.5, 0.6) is 0 Å². The van der Waals surface area contributed by atoms with Crippen molar-refractivity contribution in [3.63, 3.8) is 0 Å². The number of nitrogens with one attached hydrogen (secondary N) is 1. The molecular weight excluding hydrogens is 370 g/mol. The number of carbonyl (C=O) groups is 1. The molecule has 0 bridgehead atoms. The number of aliphatic hydroxyl groups excluding tert-OH is 1. The number of aliphatic hydroxyl groups is 1. The molecule has 0 spiro atoms. The molecule has 0 aliphatic carbocycles. The van der Waals surface area contributed by atoms with Gasteiger partial charge in [-0.25, -0.2) is 0 Å². The second kappa shape index (κ2) is 15.3. The molecule has 0 saturated carbocycles. The zero-order valence-electron chi connectivity index (χ0n) is 16.3. The maximum atomic E-state index is 11.9. The maximum Gasteiger partial charge on any atom is 0.244 e. The van der Waals surface area contributed by atoms with E-state index in [-0.39, 0.29) is 5.91 Å². The van der Waals surface area contributed by atoms with Crippen LogP contribution in [0.1, 0.15) is 12.5 Å². The molecule has 0 aliphatic heterocycles. The number of hydrogen-bond acceptors (Lipinski definition) is 2. The molecule has 1 rings (SSSR count). The zero-order valence-corrected chi connectivity index (χ0v) is 16.3. The number of rotatable bonds is 5. The van der Waals surface area contributed by atoms with Crippen LogP contribution in [0.3, 0.4) is 0 Å². The lowest BCUT2D eigenvalue weighted by Crippen LogP contribution is -2.39. The Hall–Kier alpha value is -4.73. The molecule has 0 saturated heterocycles. The summed E-state index contributed by atoms with van der Waals surface area (Å²) in [5.74, 6) is -0.307. The SMILES string of the molecule is C=C=C=C=C=C=C=C=C=C=C=C=C=C=C[C@H](O)[C@H](C)NC(=O)C=Cc1ccccc1. The van der Waals surface area contributed by atoms with Crippen molar-refractivity contribution in [2.75, 3.05) is 0 Å². The third kappa shape index (κ3) is 11.8. The van der Waals surface area contributed by atoms with Crippen molar-refractivity contribution in [1.82, 2.24) is 5.32 Å². The van der Waals surface area contributed by atoms with Gasteiger partial charge in [-0.1, -0.05) is 41.8 Å². The van der Waals surface area contributed by atoms with Gasteiger partial charge in [0.2, 0.25) is 5.91 Å². The van der Waals surface area contributed by atoms with Gasteiger partial charge in [-0.3, -0.25) is 4.79 Å². The largest absolute Gasteiger partial charge is 0.386 e. The van der Waals surface area contributed by atoms with Gasteiger partial charge >= 0.3 is 0 Å². The van der Waals surface area contributed by atoms with Gasteiger partial charge in [0.15, 0.2) is 0 Å². The van der Waals surface area contributed by atoms with Crippen LogP contribution in [0.2, 0.25) is 0 Å². The zero-order chi connectivity index (χ0) is 21.9. The topological polar surface area (TPSA) is 49.3 Å². The molecule has 2 atom stereocenters. The molecule has 0 aromatic heterocycles. The highest BCUT2D eigenvalue weighted by molar-refractivity contribution is 5.91. The normalized spacial score (nSPS) is 9.80. The molecule has 3 heteroatoms. The summed E-state index contributed by atoms with van der Waals surface area (Å²) in [4.78, 5) is 11.9. The van der Waals surface area contributed by atoms with Crippen molar-refractivity contribution in [1.29, 1.82) is 0 Å². The van der Waals surface area contributed by atoms with Crippen molar-refractivity contribution in [2.24, 2.45) is 0 Å². The quantitative estimate of drug-likeness (QED) is 0.597. The van der Waals surface area contributed by atoms with Crippen molar-refractivity contribution in [3.8, 4) is 0 Å². The minimum Gasteiger partial charge on any atom is -0.386 e. The van der Waals surface area contributed by atoms with Crippen LogP contribution in [0.4, 0.5) is 0 Å². The summed E-state index contributed by atoms with van der Waals surface area (Å²) in [7, 11) is 0. The Labute approximate surface area is 175 Å². The van der Waals surface area contributed by atoms with Crippen LogP contribution >= 0.6 is 0 Å². The highest BCUT2D eigenvalue weighted by Gasteiger charge is 2.12. The third-order valence-electron chi connectivity index (χ3n) is 3.15. The van der Waals surface area contributed by atoms with Crippen LogP contribution in [0, 0.1) is 0 Å². The average Bonchev–Trinajstić information content (AvgIpc) is 2.76. The second-order valence-electron chi connectivity index (χ2n) is 5.39. The highest BCUT2D eigenvalue weighted by Crippen LogP contribution is 2.01. The van der Waals surface area contributed by atoms with Crippen molar-refractivity contribution in [3.05, 3.63) is 129 Å². The molecule has 0 radical (unpaired) electrons. The average molecular weight is 387 g/mol. The van der Waals surface area contributed by atoms with Crippen molar-refractivity contribution in [2.45, 2.75) is 19.1 Å². The Morgan fingerprint density at radius 1 is 0.933 bits per heavy atom. The summed E-state index contributed by atoms with van der Waals surface area (Å²) < 4.78 is 0. The Balaban J connectivity index is 2.77. The Kier molecular flexibility index (Phi) is 11.9. The molecule has 3 nitrogen and oxygen atoms in total. The lowest BCUT2D eigenvalue weighted by molar-refractivity contribution is -0.117. The predicted molar refractivity (Wildman–Crippen MR) is 115 cm³/mol. The van der Waals surface area contributed by atoms with E-state index in [0.717, 1.165) is 5.56 Å². The van der Waals surface area contributed by atoms with E-state index in [0.29, 0.717) is 0 Å². The molecule has 1 aromatic carbocycles. The van der Waals surface area contributed by atoms with Crippen molar-refractivity contribution >= 4 is 12.0 Å². The summed E-state index contributed by atoms with van der Waals surface area (Å²) in [6, 6.07) is 8.93. The lowest BCUT2D eigenvalue weighted by Gasteiger charge is -2.15. The molecule has 0 fully saturated rings. The van der Waals surface area contributed by atoms with E-state index in [1.54, 1.807) is 13.0 Å². The summed E-state index contributed by atoms with van der Waals surface area (Å²) in [6.45, 7) is 4.99. The predicted octanol–water partition coefficient (Wildman–Crippen LogP) is 3.77. The summed E-state index contributed by atoms with van der Waals surface area (Å²) in [6.07, 6.45) is 3.52. The Morgan fingerprint density at radius 3 is 2.03 bits per heavy atom. The van der Waals surface area contributed by atoms with E-state index in [1.807, 2.05) is 30.3 Å². The fraction of sp³-hybridized carbons (Fsp3) is 0.111. The Morgan fingerprint density at radius 2 is 1.47 bits per heavy atom. The van der Waals surface area contributed by atoms with Gasteiger partial charge in [0.25, 0.3) is 0 Å². The molecule has 0 unspecified atom stereocenters. The van der Waals surface area contributed by atoms with E-state index in [1.165, 1.54) is 12.2 Å². The number of amides is 1. The fourth-order valence-electron chi connectivity index (χ4n) is 1.73.